The lowest BCUT2D eigenvalue weighted by Crippen LogP contribution is -2.15. The van der Waals surface area contributed by atoms with E-state index in [-0.39, 0.29) is 5.41 Å². The predicted molar refractivity (Wildman–Crippen MR) is 203 cm³/mol. The number of rotatable bonds is 5. The first kappa shape index (κ1) is 30.3. The molecule has 0 radical (unpaired) electrons. The van der Waals surface area contributed by atoms with Crippen molar-refractivity contribution < 1.29 is 0 Å². The summed E-state index contributed by atoms with van der Waals surface area (Å²) < 4.78 is 0. The second-order valence-corrected chi connectivity index (χ2v) is 13.6. The Labute approximate surface area is 287 Å². The molecule has 8 aromatic rings. The SMILES string of the molecule is Cc1ccc(-c2cc(-c3nc(-c4ccccc4)nc(-c4ccccc4)n3)cc(-c3cc4ccccc4c4ccccc34)c2)c(C(C)(C)C)n1. The van der Waals surface area contributed by atoms with Gasteiger partial charge in [-0.1, -0.05) is 136 Å². The fraction of sp³-hybridized carbons (Fsp3) is 0.111. The van der Waals surface area contributed by atoms with Gasteiger partial charge in [-0.25, -0.2) is 15.0 Å². The summed E-state index contributed by atoms with van der Waals surface area (Å²) in [6.45, 7) is 8.74. The highest BCUT2D eigenvalue weighted by molar-refractivity contribution is 6.14. The van der Waals surface area contributed by atoms with Crippen LogP contribution in [0.2, 0.25) is 0 Å². The summed E-state index contributed by atoms with van der Waals surface area (Å²) in [6.07, 6.45) is 0. The number of hydrogen-bond acceptors (Lipinski definition) is 4. The van der Waals surface area contributed by atoms with E-state index in [4.69, 9.17) is 19.9 Å². The minimum atomic E-state index is -0.165. The van der Waals surface area contributed by atoms with Crippen molar-refractivity contribution in [3.8, 4) is 56.4 Å². The Morgan fingerprint density at radius 1 is 0.388 bits per heavy atom. The van der Waals surface area contributed by atoms with Gasteiger partial charge in [0, 0.05) is 33.4 Å². The van der Waals surface area contributed by atoms with Crippen molar-refractivity contribution in [1.82, 2.24) is 19.9 Å². The second-order valence-electron chi connectivity index (χ2n) is 13.6. The van der Waals surface area contributed by atoms with Crippen LogP contribution in [0.15, 0.2) is 146 Å². The number of hydrogen-bond donors (Lipinski definition) is 0. The predicted octanol–water partition coefficient (Wildman–Crippen LogP) is 11.5. The van der Waals surface area contributed by atoms with Crippen molar-refractivity contribution in [2.24, 2.45) is 0 Å². The maximum atomic E-state index is 5.13. The third-order valence-corrected chi connectivity index (χ3v) is 9.03. The van der Waals surface area contributed by atoms with Crippen LogP contribution in [0.1, 0.15) is 32.2 Å². The molecule has 49 heavy (non-hydrogen) atoms. The van der Waals surface area contributed by atoms with Crippen molar-refractivity contribution in [3.63, 3.8) is 0 Å². The molecule has 0 atom stereocenters. The van der Waals surface area contributed by atoms with Crippen LogP contribution in [0.4, 0.5) is 0 Å². The first-order valence-electron chi connectivity index (χ1n) is 16.7. The molecule has 2 aromatic heterocycles. The van der Waals surface area contributed by atoms with Gasteiger partial charge in [-0.05, 0) is 75.5 Å². The first-order valence-corrected chi connectivity index (χ1v) is 16.7. The molecule has 236 valence electrons. The highest BCUT2D eigenvalue weighted by atomic mass is 15.0. The molecule has 4 heteroatoms. The van der Waals surface area contributed by atoms with E-state index < -0.39 is 0 Å². The molecule has 0 fully saturated rings. The van der Waals surface area contributed by atoms with Crippen molar-refractivity contribution in [3.05, 3.63) is 157 Å². The third kappa shape index (κ3) is 5.87. The maximum absolute atomic E-state index is 5.13. The lowest BCUT2D eigenvalue weighted by atomic mass is 9.84. The van der Waals surface area contributed by atoms with Crippen LogP contribution in [0.3, 0.4) is 0 Å². The summed E-state index contributed by atoms with van der Waals surface area (Å²) in [6, 6.07) is 51.0. The van der Waals surface area contributed by atoms with Gasteiger partial charge in [-0.15, -0.1) is 0 Å². The van der Waals surface area contributed by atoms with Gasteiger partial charge < -0.3 is 0 Å². The largest absolute Gasteiger partial charge is 0.257 e. The normalized spacial score (nSPS) is 11.7. The Morgan fingerprint density at radius 3 is 1.49 bits per heavy atom. The summed E-state index contributed by atoms with van der Waals surface area (Å²) >= 11 is 0. The Kier molecular flexibility index (Phi) is 7.57. The van der Waals surface area contributed by atoms with Gasteiger partial charge in [0.15, 0.2) is 17.5 Å². The monoisotopic (exact) mass is 632 g/mol. The van der Waals surface area contributed by atoms with Gasteiger partial charge in [0.1, 0.15) is 0 Å². The molecule has 6 aromatic carbocycles. The molecule has 0 saturated carbocycles. The molecule has 0 bridgehead atoms. The average molecular weight is 633 g/mol. The number of aromatic nitrogens is 4. The van der Waals surface area contributed by atoms with Gasteiger partial charge in [0.2, 0.25) is 0 Å². The highest BCUT2D eigenvalue weighted by Crippen LogP contribution is 2.40. The molecule has 0 saturated heterocycles. The summed E-state index contributed by atoms with van der Waals surface area (Å²) in [5.41, 5.74) is 9.14. The third-order valence-electron chi connectivity index (χ3n) is 9.03. The molecule has 0 aliphatic heterocycles. The van der Waals surface area contributed by atoms with Gasteiger partial charge >= 0.3 is 0 Å². The van der Waals surface area contributed by atoms with Gasteiger partial charge in [0.05, 0.1) is 5.69 Å². The fourth-order valence-corrected chi connectivity index (χ4v) is 6.66. The fourth-order valence-electron chi connectivity index (χ4n) is 6.66. The van der Waals surface area contributed by atoms with Crippen LogP contribution < -0.4 is 0 Å². The first-order chi connectivity index (χ1) is 23.8. The summed E-state index contributed by atoms with van der Waals surface area (Å²) in [5.74, 6) is 1.90. The molecular weight excluding hydrogens is 597 g/mol. The van der Waals surface area contributed by atoms with Crippen molar-refractivity contribution in [2.75, 3.05) is 0 Å². The van der Waals surface area contributed by atoms with Crippen LogP contribution in [-0.4, -0.2) is 19.9 Å². The van der Waals surface area contributed by atoms with E-state index >= 15 is 0 Å². The van der Waals surface area contributed by atoms with Crippen LogP contribution >= 0.6 is 0 Å². The van der Waals surface area contributed by atoms with Crippen molar-refractivity contribution in [2.45, 2.75) is 33.1 Å². The number of benzene rings is 6. The molecule has 0 N–H and O–H groups in total. The molecule has 0 aliphatic carbocycles. The molecule has 0 spiro atoms. The molecule has 2 heterocycles. The summed E-state index contributed by atoms with van der Waals surface area (Å²) in [5, 5.41) is 4.88. The summed E-state index contributed by atoms with van der Waals surface area (Å²) in [7, 11) is 0. The van der Waals surface area contributed by atoms with Gasteiger partial charge in [0.25, 0.3) is 0 Å². The van der Waals surface area contributed by atoms with E-state index in [0.717, 1.165) is 50.3 Å². The average Bonchev–Trinajstić information content (AvgIpc) is 3.14. The van der Waals surface area contributed by atoms with E-state index in [0.29, 0.717) is 17.5 Å². The number of fused-ring (bicyclic) bond motifs is 3. The van der Waals surface area contributed by atoms with Crippen LogP contribution in [0, 0.1) is 6.92 Å². The second kappa shape index (κ2) is 12.2. The zero-order chi connectivity index (χ0) is 33.5. The quantitative estimate of drug-likeness (QED) is 0.177. The number of aryl methyl sites for hydroxylation is 1. The summed E-state index contributed by atoms with van der Waals surface area (Å²) in [4.78, 5) is 20.3. The van der Waals surface area contributed by atoms with Crippen LogP contribution in [-0.2, 0) is 5.41 Å². The van der Waals surface area contributed by atoms with Gasteiger partial charge in [-0.3, -0.25) is 4.98 Å². The van der Waals surface area contributed by atoms with E-state index in [1.54, 1.807) is 0 Å². The zero-order valence-corrected chi connectivity index (χ0v) is 28.1. The van der Waals surface area contributed by atoms with Crippen molar-refractivity contribution >= 4 is 21.5 Å². The Morgan fingerprint density at radius 2 is 0.878 bits per heavy atom. The molecular formula is C45H36N4. The molecule has 8 rings (SSSR count). The van der Waals surface area contributed by atoms with E-state index in [9.17, 15) is 0 Å². The Bertz CT molecular complexity index is 2420. The Hall–Kier alpha value is -6.00. The van der Waals surface area contributed by atoms with E-state index in [2.05, 4.69) is 113 Å². The number of pyridine rings is 1. The molecule has 0 unspecified atom stereocenters. The van der Waals surface area contributed by atoms with E-state index in [1.165, 1.54) is 21.5 Å². The minimum Gasteiger partial charge on any atom is -0.257 e. The zero-order valence-electron chi connectivity index (χ0n) is 28.1. The van der Waals surface area contributed by atoms with Crippen LogP contribution in [0.25, 0.3) is 78.0 Å². The lowest BCUT2D eigenvalue weighted by Gasteiger charge is -2.23. The molecule has 0 aliphatic rings. The minimum absolute atomic E-state index is 0.165. The van der Waals surface area contributed by atoms with Crippen LogP contribution in [0.5, 0.6) is 0 Å². The van der Waals surface area contributed by atoms with E-state index in [1.807, 2.05) is 60.7 Å². The lowest BCUT2D eigenvalue weighted by molar-refractivity contribution is 0.569. The molecule has 0 amide bonds. The standard InChI is InChI=1S/C45H36N4/c1-29-23-24-37(41(46-29)45(2,3)4)33-25-34(40-28-32-19-11-12-20-36(32)38-21-13-14-22-39(38)40)27-35(26-33)44-48-42(30-15-7-5-8-16-30)47-43(49-44)31-17-9-6-10-18-31/h5-28H,1-4H3. The highest BCUT2D eigenvalue weighted by Gasteiger charge is 2.23. The Balaban J connectivity index is 1.44. The topological polar surface area (TPSA) is 51.6 Å². The number of nitrogens with zero attached hydrogens (tertiary/aromatic N) is 4. The van der Waals surface area contributed by atoms with Crippen molar-refractivity contribution in [1.29, 1.82) is 0 Å². The molecule has 4 nitrogen and oxygen atoms in total. The maximum Gasteiger partial charge on any atom is 0.164 e. The smallest absolute Gasteiger partial charge is 0.164 e. The van der Waals surface area contributed by atoms with Gasteiger partial charge in [-0.2, -0.15) is 0 Å².